The Bertz CT molecular complexity index is 1230. The summed E-state index contributed by atoms with van der Waals surface area (Å²) in [6.07, 6.45) is 1.73. The summed E-state index contributed by atoms with van der Waals surface area (Å²) in [5, 5.41) is 12.8. The van der Waals surface area contributed by atoms with Crippen molar-refractivity contribution in [3.63, 3.8) is 0 Å². The molecule has 9 nitrogen and oxygen atoms in total. The Morgan fingerprint density at radius 1 is 1.00 bits per heavy atom. The number of aromatic nitrogens is 2. The Hall–Kier alpha value is -3.02. The number of rotatable bonds is 9. The predicted molar refractivity (Wildman–Crippen MR) is 124 cm³/mol. The summed E-state index contributed by atoms with van der Waals surface area (Å²) in [7, 11) is -4.14. The fourth-order valence-corrected chi connectivity index (χ4v) is 4.81. The Morgan fingerprint density at radius 2 is 1.69 bits per heavy atom. The predicted octanol–water partition coefficient (Wildman–Crippen LogP) is 3.77. The van der Waals surface area contributed by atoms with Crippen molar-refractivity contribution in [3.8, 4) is 0 Å². The molecular weight excluding hydrogens is 474 g/mol. The quantitative estimate of drug-likeness (QED) is 0.307. The summed E-state index contributed by atoms with van der Waals surface area (Å²) in [5.74, 6) is -0.931. The Morgan fingerprint density at radius 3 is 2.41 bits per heavy atom. The maximum absolute atomic E-state index is 12.8. The average Bonchev–Trinajstić information content (AvgIpc) is 3.24. The van der Waals surface area contributed by atoms with Crippen LogP contribution in [0, 0.1) is 0 Å². The molecule has 0 radical (unpaired) electrons. The second kappa shape index (κ2) is 10.5. The first-order valence-electron chi connectivity index (χ1n) is 9.61. The van der Waals surface area contributed by atoms with Crippen LogP contribution < -0.4 is 15.4 Å². The molecule has 0 saturated heterocycles. The molecule has 3 rings (SSSR count). The highest BCUT2D eigenvalue weighted by Gasteiger charge is 2.24. The first-order chi connectivity index (χ1) is 15.3. The average molecular weight is 494 g/mol. The Balaban J connectivity index is 1.75. The van der Waals surface area contributed by atoms with Crippen molar-refractivity contribution >= 4 is 55.6 Å². The standard InChI is InChI=1S/C20H20ClN5O4S2/c1-2-3-12-22-17(27)14-9-5-7-11-16(14)26-32(29,30)20-25-24-19(31-20)23-18(28)13-8-4-6-10-15(13)21/h4-11,26H,2-3,12H2,1H3,(H,22,27)(H,23,24,28). The maximum Gasteiger partial charge on any atom is 0.291 e. The van der Waals surface area contributed by atoms with Gasteiger partial charge < -0.3 is 5.32 Å². The van der Waals surface area contributed by atoms with Crippen molar-refractivity contribution in [3.05, 3.63) is 64.7 Å². The van der Waals surface area contributed by atoms with E-state index in [9.17, 15) is 18.0 Å². The number of carbonyl (C=O) groups excluding carboxylic acids is 2. The minimum absolute atomic E-state index is 0.0131. The number of amides is 2. The van der Waals surface area contributed by atoms with Gasteiger partial charge in [-0.3, -0.25) is 19.6 Å². The van der Waals surface area contributed by atoms with E-state index < -0.39 is 15.9 Å². The molecule has 12 heteroatoms. The third kappa shape index (κ3) is 5.81. The third-order valence-corrected chi connectivity index (χ3v) is 7.11. The summed E-state index contributed by atoms with van der Waals surface area (Å²) < 4.78 is 27.6. The van der Waals surface area contributed by atoms with Crippen LogP contribution in [-0.2, 0) is 10.0 Å². The summed E-state index contributed by atoms with van der Waals surface area (Å²) >= 11 is 6.67. The molecule has 2 aromatic carbocycles. The lowest BCUT2D eigenvalue weighted by molar-refractivity contribution is 0.0953. The van der Waals surface area contributed by atoms with Crippen LogP contribution >= 0.6 is 22.9 Å². The van der Waals surface area contributed by atoms with Crippen molar-refractivity contribution in [2.45, 2.75) is 24.1 Å². The molecule has 3 N–H and O–H groups in total. The van der Waals surface area contributed by atoms with Gasteiger partial charge in [0.1, 0.15) is 0 Å². The lowest BCUT2D eigenvalue weighted by atomic mass is 10.1. The number of para-hydroxylation sites is 1. The second-order valence-corrected chi connectivity index (χ2v) is 9.81. The zero-order chi connectivity index (χ0) is 23.1. The van der Waals surface area contributed by atoms with Gasteiger partial charge in [-0.25, -0.2) is 0 Å². The highest BCUT2D eigenvalue weighted by Crippen LogP contribution is 2.25. The SMILES string of the molecule is CCCCNC(=O)c1ccccc1NS(=O)(=O)c1nnc(NC(=O)c2ccccc2Cl)s1. The van der Waals surface area contributed by atoms with Crippen LogP contribution in [-0.4, -0.2) is 37.0 Å². The van der Waals surface area contributed by atoms with Gasteiger partial charge in [-0.05, 0) is 30.7 Å². The molecule has 0 saturated carbocycles. The molecule has 0 spiro atoms. The smallest absolute Gasteiger partial charge is 0.291 e. The minimum atomic E-state index is -4.14. The molecular formula is C20H20ClN5O4S2. The normalized spacial score (nSPS) is 11.1. The Kier molecular flexibility index (Phi) is 7.78. The molecule has 0 aliphatic rings. The van der Waals surface area contributed by atoms with Gasteiger partial charge in [0, 0.05) is 6.54 Å². The molecule has 1 aromatic heterocycles. The molecule has 0 aliphatic carbocycles. The van der Waals surface area contributed by atoms with Crippen LogP contribution in [0.1, 0.15) is 40.5 Å². The van der Waals surface area contributed by atoms with E-state index in [1.165, 1.54) is 18.2 Å². The van der Waals surface area contributed by atoms with Crippen molar-refractivity contribution < 1.29 is 18.0 Å². The largest absolute Gasteiger partial charge is 0.352 e. The van der Waals surface area contributed by atoms with Crippen molar-refractivity contribution in [2.75, 3.05) is 16.6 Å². The number of unbranched alkanes of at least 4 members (excludes halogenated alkanes) is 1. The Labute approximate surface area is 194 Å². The number of nitrogens with zero attached hydrogens (tertiary/aromatic N) is 2. The van der Waals surface area contributed by atoms with Gasteiger partial charge in [-0.1, -0.05) is 60.5 Å². The second-order valence-electron chi connectivity index (χ2n) is 6.57. The molecule has 0 aliphatic heterocycles. The number of anilines is 2. The van der Waals surface area contributed by atoms with Crippen LogP contribution in [0.3, 0.4) is 0 Å². The van der Waals surface area contributed by atoms with Crippen LogP contribution in [0.5, 0.6) is 0 Å². The maximum atomic E-state index is 12.8. The van der Waals surface area contributed by atoms with E-state index in [0.29, 0.717) is 17.9 Å². The van der Waals surface area contributed by atoms with Gasteiger partial charge in [-0.15, -0.1) is 10.2 Å². The van der Waals surface area contributed by atoms with Crippen molar-refractivity contribution in [1.82, 2.24) is 15.5 Å². The molecule has 1 heterocycles. The van der Waals surface area contributed by atoms with E-state index in [4.69, 9.17) is 11.6 Å². The fraction of sp³-hybridized carbons (Fsp3) is 0.200. The lowest BCUT2D eigenvalue weighted by Crippen LogP contribution is -2.26. The number of benzene rings is 2. The highest BCUT2D eigenvalue weighted by atomic mass is 35.5. The zero-order valence-corrected chi connectivity index (χ0v) is 19.4. The van der Waals surface area contributed by atoms with E-state index in [1.807, 2.05) is 6.92 Å². The van der Waals surface area contributed by atoms with E-state index in [2.05, 4.69) is 25.6 Å². The van der Waals surface area contributed by atoms with Crippen LogP contribution in [0.4, 0.5) is 10.8 Å². The van der Waals surface area contributed by atoms with Crippen LogP contribution in [0.25, 0.3) is 0 Å². The topological polar surface area (TPSA) is 130 Å². The number of carbonyl (C=O) groups is 2. The molecule has 0 fully saturated rings. The third-order valence-electron chi connectivity index (χ3n) is 4.21. The van der Waals surface area contributed by atoms with E-state index >= 15 is 0 Å². The van der Waals surface area contributed by atoms with Gasteiger partial charge in [0.05, 0.1) is 21.8 Å². The van der Waals surface area contributed by atoms with Gasteiger partial charge in [0.25, 0.3) is 26.2 Å². The highest BCUT2D eigenvalue weighted by molar-refractivity contribution is 7.94. The number of nitrogens with one attached hydrogen (secondary N) is 3. The van der Waals surface area contributed by atoms with Gasteiger partial charge in [0.2, 0.25) is 5.13 Å². The van der Waals surface area contributed by atoms with E-state index in [1.54, 1.807) is 30.3 Å². The van der Waals surface area contributed by atoms with Gasteiger partial charge in [-0.2, -0.15) is 8.42 Å². The van der Waals surface area contributed by atoms with Crippen LogP contribution in [0.2, 0.25) is 5.02 Å². The first kappa shape index (κ1) is 23.6. The summed E-state index contributed by atoms with van der Waals surface area (Å²) in [6.45, 7) is 2.49. The van der Waals surface area contributed by atoms with E-state index in [-0.39, 0.29) is 37.2 Å². The number of hydrogen-bond donors (Lipinski definition) is 3. The van der Waals surface area contributed by atoms with Gasteiger partial charge in [0.15, 0.2) is 0 Å². The van der Waals surface area contributed by atoms with Gasteiger partial charge >= 0.3 is 0 Å². The molecule has 3 aromatic rings. The molecule has 0 atom stereocenters. The van der Waals surface area contributed by atoms with Crippen molar-refractivity contribution in [1.29, 1.82) is 0 Å². The fourth-order valence-electron chi connectivity index (χ4n) is 2.61. The summed E-state index contributed by atoms with van der Waals surface area (Å²) in [6, 6.07) is 12.7. The number of hydrogen-bond acceptors (Lipinski definition) is 7. The van der Waals surface area contributed by atoms with Crippen molar-refractivity contribution in [2.24, 2.45) is 0 Å². The monoisotopic (exact) mass is 493 g/mol. The molecule has 32 heavy (non-hydrogen) atoms. The molecule has 0 unspecified atom stereocenters. The number of sulfonamides is 1. The first-order valence-corrected chi connectivity index (χ1v) is 12.3. The summed E-state index contributed by atoms with van der Waals surface area (Å²) in [4.78, 5) is 24.8. The lowest BCUT2D eigenvalue weighted by Gasteiger charge is -2.11. The van der Waals surface area contributed by atoms with Crippen LogP contribution in [0.15, 0.2) is 52.9 Å². The minimum Gasteiger partial charge on any atom is -0.352 e. The zero-order valence-electron chi connectivity index (χ0n) is 17.0. The molecule has 2 amide bonds. The summed E-state index contributed by atoms with van der Waals surface area (Å²) in [5.41, 5.74) is 0.511. The van der Waals surface area contributed by atoms with E-state index in [0.717, 1.165) is 12.8 Å². The molecule has 0 bridgehead atoms. The molecule has 168 valence electrons. The number of halogens is 1.